The molecule has 0 aliphatic heterocycles. The second-order valence-corrected chi connectivity index (χ2v) is 5.78. The van der Waals surface area contributed by atoms with E-state index in [1.54, 1.807) is 13.2 Å². The minimum atomic E-state index is -0.235. The van der Waals surface area contributed by atoms with Crippen LogP contribution in [0.2, 0.25) is 0 Å². The van der Waals surface area contributed by atoms with Gasteiger partial charge in [-0.1, -0.05) is 12.1 Å². The molecule has 1 saturated carbocycles. The molecule has 118 valence electrons. The van der Waals surface area contributed by atoms with Crippen LogP contribution in [0.25, 0.3) is 10.8 Å². The van der Waals surface area contributed by atoms with Gasteiger partial charge in [0.05, 0.1) is 12.0 Å². The summed E-state index contributed by atoms with van der Waals surface area (Å²) in [5.41, 5.74) is 1.13. The number of halogens is 1. The van der Waals surface area contributed by atoms with Crippen LogP contribution in [0.15, 0.2) is 30.3 Å². The maximum atomic E-state index is 14.2. The van der Waals surface area contributed by atoms with Gasteiger partial charge < -0.3 is 14.8 Å². The molecule has 0 bridgehead atoms. The molecule has 3 rings (SSSR count). The lowest BCUT2D eigenvalue weighted by atomic mass is 10.0. The van der Waals surface area contributed by atoms with Crippen LogP contribution in [0, 0.1) is 5.82 Å². The number of hydrogen-bond donors (Lipinski definition) is 1. The van der Waals surface area contributed by atoms with Crippen LogP contribution in [0.3, 0.4) is 0 Å². The molecule has 0 aromatic heterocycles. The first-order valence-corrected chi connectivity index (χ1v) is 7.84. The Morgan fingerprint density at radius 3 is 2.86 bits per heavy atom. The maximum Gasteiger partial charge on any atom is 0.134 e. The van der Waals surface area contributed by atoms with E-state index in [-0.39, 0.29) is 5.82 Å². The molecule has 0 atom stereocenters. The zero-order valence-corrected chi connectivity index (χ0v) is 12.9. The topological polar surface area (TPSA) is 30.5 Å². The molecule has 3 nitrogen and oxygen atoms in total. The standard InChI is InChI=1S/C18H22FNO2/c1-21-8-3-9-22-17-11-13(12-20-15-6-7-15)10-14-4-2-5-16(19)18(14)17/h2,4-5,10-11,15,20H,3,6-9,12H2,1H3. The zero-order valence-electron chi connectivity index (χ0n) is 12.9. The third-order valence-electron chi connectivity index (χ3n) is 3.87. The summed E-state index contributed by atoms with van der Waals surface area (Å²) < 4.78 is 25.0. The van der Waals surface area contributed by atoms with Crippen LogP contribution < -0.4 is 10.1 Å². The number of fused-ring (bicyclic) bond motifs is 1. The summed E-state index contributed by atoms with van der Waals surface area (Å²) in [6.07, 6.45) is 3.29. The summed E-state index contributed by atoms with van der Waals surface area (Å²) in [7, 11) is 1.67. The molecule has 4 heteroatoms. The molecular weight excluding hydrogens is 281 g/mol. The van der Waals surface area contributed by atoms with Crippen molar-refractivity contribution in [2.45, 2.75) is 31.8 Å². The van der Waals surface area contributed by atoms with Gasteiger partial charge in [-0.2, -0.15) is 0 Å². The maximum absolute atomic E-state index is 14.2. The molecular formula is C18H22FNO2. The number of rotatable bonds is 8. The number of benzene rings is 2. The zero-order chi connectivity index (χ0) is 15.4. The van der Waals surface area contributed by atoms with Crippen LogP contribution in [-0.2, 0) is 11.3 Å². The third kappa shape index (κ3) is 3.76. The van der Waals surface area contributed by atoms with Crippen molar-refractivity contribution >= 4 is 10.8 Å². The Kier molecular flexibility index (Phi) is 4.90. The van der Waals surface area contributed by atoms with E-state index in [0.717, 1.165) is 23.9 Å². The van der Waals surface area contributed by atoms with Gasteiger partial charge in [-0.05, 0) is 42.0 Å². The Labute approximate surface area is 130 Å². The van der Waals surface area contributed by atoms with E-state index in [1.807, 2.05) is 18.2 Å². The molecule has 1 aliphatic rings. The summed E-state index contributed by atoms with van der Waals surface area (Å²) in [6.45, 7) is 1.96. The predicted octanol–water partition coefficient (Wildman–Crippen LogP) is 3.65. The molecule has 0 radical (unpaired) electrons. The van der Waals surface area contributed by atoms with Crippen molar-refractivity contribution in [3.05, 3.63) is 41.7 Å². The molecule has 0 saturated heterocycles. The highest BCUT2D eigenvalue weighted by Crippen LogP contribution is 2.30. The van der Waals surface area contributed by atoms with E-state index in [2.05, 4.69) is 5.32 Å². The highest BCUT2D eigenvalue weighted by Gasteiger charge is 2.20. The van der Waals surface area contributed by atoms with Crippen LogP contribution in [0.4, 0.5) is 4.39 Å². The summed E-state index contributed by atoms with van der Waals surface area (Å²) in [6, 6.07) is 9.79. The van der Waals surface area contributed by atoms with Gasteiger partial charge in [0.1, 0.15) is 11.6 Å². The average molecular weight is 303 g/mol. The second-order valence-electron chi connectivity index (χ2n) is 5.78. The van der Waals surface area contributed by atoms with Gasteiger partial charge in [-0.15, -0.1) is 0 Å². The van der Waals surface area contributed by atoms with Crippen molar-refractivity contribution in [2.24, 2.45) is 0 Å². The van der Waals surface area contributed by atoms with Crippen molar-refractivity contribution in [1.29, 1.82) is 0 Å². The summed E-state index contributed by atoms with van der Waals surface area (Å²) in [5.74, 6) is 0.389. The lowest BCUT2D eigenvalue weighted by Gasteiger charge is -2.13. The molecule has 0 unspecified atom stereocenters. The fourth-order valence-electron chi connectivity index (χ4n) is 2.55. The molecule has 1 N–H and O–H groups in total. The Hall–Kier alpha value is -1.65. The van der Waals surface area contributed by atoms with Gasteiger partial charge in [0, 0.05) is 32.7 Å². The van der Waals surface area contributed by atoms with Gasteiger partial charge in [-0.3, -0.25) is 0 Å². The van der Waals surface area contributed by atoms with Gasteiger partial charge >= 0.3 is 0 Å². The molecule has 2 aromatic carbocycles. The first kappa shape index (κ1) is 15.3. The van der Waals surface area contributed by atoms with Crippen molar-refractivity contribution in [3.63, 3.8) is 0 Å². The van der Waals surface area contributed by atoms with E-state index >= 15 is 0 Å². The minimum Gasteiger partial charge on any atom is -0.493 e. The summed E-state index contributed by atoms with van der Waals surface area (Å²) in [4.78, 5) is 0. The van der Waals surface area contributed by atoms with Gasteiger partial charge in [0.15, 0.2) is 0 Å². The Balaban J connectivity index is 1.83. The number of ether oxygens (including phenoxy) is 2. The molecule has 0 spiro atoms. The quantitative estimate of drug-likeness (QED) is 0.755. The fraction of sp³-hybridized carbons (Fsp3) is 0.444. The molecule has 22 heavy (non-hydrogen) atoms. The number of methoxy groups -OCH3 is 1. The molecule has 2 aromatic rings. The predicted molar refractivity (Wildman–Crippen MR) is 85.8 cm³/mol. The first-order chi connectivity index (χ1) is 10.8. The van der Waals surface area contributed by atoms with E-state index in [4.69, 9.17) is 9.47 Å². The highest BCUT2D eigenvalue weighted by atomic mass is 19.1. The van der Waals surface area contributed by atoms with Crippen molar-refractivity contribution < 1.29 is 13.9 Å². The van der Waals surface area contributed by atoms with Crippen LogP contribution in [0.5, 0.6) is 5.75 Å². The monoisotopic (exact) mass is 303 g/mol. The van der Waals surface area contributed by atoms with Gasteiger partial charge in [-0.25, -0.2) is 4.39 Å². The van der Waals surface area contributed by atoms with Crippen LogP contribution >= 0.6 is 0 Å². The number of nitrogens with one attached hydrogen (secondary N) is 1. The Morgan fingerprint density at radius 2 is 2.09 bits per heavy atom. The Morgan fingerprint density at radius 1 is 1.23 bits per heavy atom. The van der Waals surface area contributed by atoms with Crippen molar-refractivity contribution in [1.82, 2.24) is 5.32 Å². The summed E-state index contributed by atoms with van der Waals surface area (Å²) in [5, 5.41) is 4.94. The highest BCUT2D eigenvalue weighted by molar-refractivity contribution is 5.89. The van der Waals surface area contributed by atoms with E-state index < -0.39 is 0 Å². The lowest BCUT2D eigenvalue weighted by Crippen LogP contribution is -2.15. The molecule has 0 amide bonds. The molecule has 0 heterocycles. The average Bonchev–Trinajstić information content (AvgIpc) is 3.34. The SMILES string of the molecule is COCCCOc1cc(CNC2CC2)cc2cccc(F)c12. The smallest absolute Gasteiger partial charge is 0.134 e. The third-order valence-corrected chi connectivity index (χ3v) is 3.87. The van der Waals surface area contributed by atoms with Crippen LogP contribution in [-0.4, -0.2) is 26.4 Å². The molecule has 1 aliphatic carbocycles. The first-order valence-electron chi connectivity index (χ1n) is 7.84. The largest absolute Gasteiger partial charge is 0.493 e. The van der Waals surface area contributed by atoms with E-state index in [0.29, 0.717) is 30.4 Å². The second kappa shape index (κ2) is 7.07. The minimum absolute atomic E-state index is 0.235. The molecule has 1 fully saturated rings. The van der Waals surface area contributed by atoms with Crippen LogP contribution in [0.1, 0.15) is 24.8 Å². The van der Waals surface area contributed by atoms with E-state index in [1.165, 1.54) is 18.9 Å². The number of hydrogen-bond acceptors (Lipinski definition) is 3. The van der Waals surface area contributed by atoms with Gasteiger partial charge in [0.25, 0.3) is 0 Å². The van der Waals surface area contributed by atoms with Crippen molar-refractivity contribution in [2.75, 3.05) is 20.3 Å². The van der Waals surface area contributed by atoms with Gasteiger partial charge in [0.2, 0.25) is 0 Å². The van der Waals surface area contributed by atoms with E-state index in [9.17, 15) is 4.39 Å². The Bertz CT molecular complexity index is 640. The fourth-order valence-corrected chi connectivity index (χ4v) is 2.55. The normalized spacial score (nSPS) is 14.5. The van der Waals surface area contributed by atoms with Crippen molar-refractivity contribution in [3.8, 4) is 5.75 Å². The lowest BCUT2D eigenvalue weighted by molar-refractivity contribution is 0.172. The summed E-state index contributed by atoms with van der Waals surface area (Å²) >= 11 is 0.